The minimum absolute atomic E-state index is 0.0236. The van der Waals surface area contributed by atoms with Gasteiger partial charge in [0.15, 0.2) is 0 Å². The lowest BCUT2D eigenvalue weighted by atomic mass is 10.2. The fraction of sp³-hybridized carbons (Fsp3) is 0.174. The van der Waals surface area contributed by atoms with Gasteiger partial charge in [-0.05, 0) is 67.8 Å². The quantitative estimate of drug-likeness (QED) is 0.369. The fourth-order valence-corrected chi connectivity index (χ4v) is 5.11. The van der Waals surface area contributed by atoms with E-state index in [-0.39, 0.29) is 16.3 Å². The number of aryl methyl sites for hydroxylation is 1. The van der Waals surface area contributed by atoms with Crippen LogP contribution in [0.5, 0.6) is 0 Å². The van der Waals surface area contributed by atoms with Gasteiger partial charge in [-0.25, -0.2) is 8.42 Å². The predicted molar refractivity (Wildman–Crippen MR) is 129 cm³/mol. The number of nitrogens with zero attached hydrogens (tertiary/aromatic N) is 1. The molecular formula is C23H20ClF3N2O3S2. The van der Waals surface area contributed by atoms with Crippen molar-refractivity contribution in [3.8, 4) is 0 Å². The molecule has 11 heteroatoms. The number of halogens is 4. The molecule has 0 spiro atoms. The lowest BCUT2D eigenvalue weighted by Gasteiger charge is -2.24. The Kier molecular flexibility index (Phi) is 7.84. The van der Waals surface area contributed by atoms with Gasteiger partial charge in [-0.3, -0.25) is 9.10 Å². The first-order valence-electron chi connectivity index (χ1n) is 9.82. The minimum atomic E-state index is -4.71. The summed E-state index contributed by atoms with van der Waals surface area (Å²) < 4.78 is 67.2. The highest BCUT2D eigenvalue weighted by Crippen LogP contribution is 2.36. The number of rotatable bonds is 7. The van der Waals surface area contributed by atoms with Gasteiger partial charge in [-0.2, -0.15) is 13.2 Å². The number of hydrogen-bond acceptors (Lipinski definition) is 4. The number of hydrogen-bond donors (Lipinski definition) is 1. The van der Waals surface area contributed by atoms with Gasteiger partial charge in [0.05, 0.1) is 21.2 Å². The van der Waals surface area contributed by atoms with E-state index in [4.69, 9.17) is 11.6 Å². The first kappa shape index (κ1) is 25.9. The Balaban J connectivity index is 1.93. The summed E-state index contributed by atoms with van der Waals surface area (Å²) in [6, 6.07) is 15.6. The molecule has 0 saturated carbocycles. The number of nitrogens with one attached hydrogen (secondary N) is 1. The average Bonchev–Trinajstić information content (AvgIpc) is 2.78. The number of alkyl halides is 3. The van der Waals surface area contributed by atoms with E-state index in [0.717, 1.165) is 20.8 Å². The topological polar surface area (TPSA) is 66.5 Å². The van der Waals surface area contributed by atoms with Crippen LogP contribution in [0, 0.1) is 6.92 Å². The van der Waals surface area contributed by atoms with E-state index in [1.54, 1.807) is 36.4 Å². The summed E-state index contributed by atoms with van der Waals surface area (Å²) >= 11 is 7.07. The molecule has 0 radical (unpaired) electrons. The van der Waals surface area contributed by atoms with E-state index in [9.17, 15) is 26.4 Å². The van der Waals surface area contributed by atoms with Crippen LogP contribution < -0.4 is 9.62 Å². The second kappa shape index (κ2) is 10.3. The van der Waals surface area contributed by atoms with Crippen LogP contribution in [0.1, 0.15) is 11.1 Å². The number of carbonyl (C=O) groups excluding carboxylic acids is 1. The molecule has 180 valence electrons. The van der Waals surface area contributed by atoms with Crippen LogP contribution in [0.4, 0.5) is 24.5 Å². The van der Waals surface area contributed by atoms with Gasteiger partial charge in [-0.15, -0.1) is 11.8 Å². The van der Waals surface area contributed by atoms with Crippen molar-refractivity contribution >= 4 is 50.7 Å². The summed E-state index contributed by atoms with van der Waals surface area (Å²) in [6.45, 7) is 1.18. The average molecular weight is 529 g/mol. The standard InChI is InChI=1S/C23H20ClF3N2O3S2/c1-15-3-6-17(7-4-15)29(34(31,32)19-10-8-18(33-2)9-11-19)14-22(30)28-16-5-12-21(24)20(13-16)23(25,26)27/h3-13H,14H2,1-2H3,(H,28,30). The van der Waals surface area contributed by atoms with Crippen LogP contribution in [0.2, 0.25) is 5.02 Å². The number of anilines is 2. The highest BCUT2D eigenvalue weighted by molar-refractivity contribution is 7.98. The maximum atomic E-state index is 13.4. The maximum Gasteiger partial charge on any atom is 0.417 e. The van der Waals surface area contributed by atoms with Crippen molar-refractivity contribution in [3.05, 3.63) is 82.9 Å². The molecular weight excluding hydrogens is 509 g/mol. The first-order chi connectivity index (χ1) is 15.9. The SMILES string of the molecule is CSc1ccc(S(=O)(=O)N(CC(=O)Nc2ccc(Cl)c(C(F)(F)F)c2)c2ccc(C)cc2)cc1. The van der Waals surface area contributed by atoms with Gasteiger partial charge in [0.1, 0.15) is 6.54 Å². The largest absolute Gasteiger partial charge is 0.417 e. The molecule has 0 aliphatic heterocycles. The van der Waals surface area contributed by atoms with Gasteiger partial charge >= 0.3 is 6.18 Å². The molecule has 0 fully saturated rings. The van der Waals surface area contributed by atoms with Crippen LogP contribution in [-0.4, -0.2) is 27.1 Å². The van der Waals surface area contributed by atoms with Gasteiger partial charge in [0, 0.05) is 10.6 Å². The molecule has 1 N–H and O–H groups in total. The molecule has 0 bridgehead atoms. The molecule has 0 atom stereocenters. The second-order valence-electron chi connectivity index (χ2n) is 7.26. The Bertz CT molecular complexity index is 1280. The number of benzene rings is 3. The Labute approximate surface area is 205 Å². The summed E-state index contributed by atoms with van der Waals surface area (Å²) in [6.07, 6.45) is -2.86. The molecule has 3 aromatic carbocycles. The van der Waals surface area contributed by atoms with Crippen LogP contribution in [0.15, 0.2) is 76.5 Å². The van der Waals surface area contributed by atoms with Crippen molar-refractivity contribution in [1.82, 2.24) is 0 Å². The van der Waals surface area contributed by atoms with Gasteiger partial charge in [0.2, 0.25) is 5.91 Å². The normalized spacial score (nSPS) is 11.8. The van der Waals surface area contributed by atoms with Crippen molar-refractivity contribution in [2.45, 2.75) is 22.9 Å². The Morgan fingerprint density at radius 3 is 2.21 bits per heavy atom. The Morgan fingerprint density at radius 1 is 1.03 bits per heavy atom. The van der Waals surface area contributed by atoms with E-state index < -0.39 is 39.2 Å². The zero-order valence-electron chi connectivity index (χ0n) is 18.1. The molecule has 0 aliphatic carbocycles. The fourth-order valence-electron chi connectivity index (χ4n) is 3.05. The third-order valence-electron chi connectivity index (χ3n) is 4.81. The van der Waals surface area contributed by atoms with Crippen molar-refractivity contribution in [2.75, 3.05) is 22.4 Å². The number of sulfonamides is 1. The second-order valence-corrected chi connectivity index (χ2v) is 10.4. The lowest BCUT2D eigenvalue weighted by Crippen LogP contribution is -2.38. The Morgan fingerprint density at radius 2 is 1.65 bits per heavy atom. The summed E-state index contributed by atoms with van der Waals surface area (Å²) in [7, 11) is -4.16. The Hall–Kier alpha value is -2.69. The van der Waals surface area contributed by atoms with Gasteiger partial charge in [0.25, 0.3) is 10.0 Å². The zero-order chi connectivity index (χ0) is 25.1. The highest BCUT2D eigenvalue weighted by atomic mass is 35.5. The van der Waals surface area contributed by atoms with Crippen LogP contribution in [0.25, 0.3) is 0 Å². The summed E-state index contributed by atoms with van der Waals surface area (Å²) in [4.78, 5) is 13.6. The zero-order valence-corrected chi connectivity index (χ0v) is 20.4. The first-order valence-corrected chi connectivity index (χ1v) is 12.9. The molecule has 34 heavy (non-hydrogen) atoms. The van der Waals surface area contributed by atoms with E-state index in [0.29, 0.717) is 6.07 Å². The molecule has 3 aromatic rings. The van der Waals surface area contributed by atoms with Crippen LogP contribution in [0.3, 0.4) is 0 Å². The maximum absolute atomic E-state index is 13.4. The number of thioether (sulfide) groups is 1. The highest BCUT2D eigenvalue weighted by Gasteiger charge is 2.34. The molecule has 0 aromatic heterocycles. The molecule has 0 saturated heterocycles. The summed E-state index contributed by atoms with van der Waals surface area (Å²) in [5, 5.41) is 1.82. The summed E-state index contributed by atoms with van der Waals surface area (Å²) in [5.74, 6) is -0.819. The monoisotopic (exact) mass is 528 g/mol. The lowest BCUT2D eigenvalue weighted by molar-refractivity contribution is -0.137. The van der Waals surface area contributed by atoms with Crippen LogP contribution in [-0.2, 0) is 21.0 Å². The molecule has 0 heterocycles. The predicted octanol–water partition coefficient (Wildman–Crippen LogP) is 6.22. The van der Waals surface area contributed by atoms with E-state index in [1.165, 1.54) is 30.0 Å². The molecule has 0 unspecified atom stereocenters. The van der Waals surface area contributed by atoms with E-state index in [1.807, 2.05) is 13.2 Å². The molecule has 0 aliphatic rings. The van der Waals surface area contributed by atoms with Gasteiger partial charge < -0.3 is 5.32 Å². The van der Waals surface area contributed by atoms with Crippen molar-refractivity contribution < 1.29 is 26.4 Å². The van der Waals surface area contributed by atoms with Gasteiger partial charge in [-0.1, -0.05) is 29.3 Å². The number of carbonyl (C=O) groups is 1. The van der Waals surface area contributed by atoms with E-state index in [2.05, 4.69) is 5.32 Å². The van der Waals surface area contributed by atoms with Crippen molar-refractivity contribution in [3.63, 3.8) is 0 Å². The molecule has 3 rings (SSSR count). The number of amides is 1. The third-order valence-corrected chi connectivity index (χ3v) is 7.67. The molecule has 1 amide bonds. The smallest absolute Gasteiger partial charge is 0.324 e. The molecule has 5 nitrogen and oxygen atoms in total. The van der Waals surface area contributed by atoms with Crippen molar-refractivity contribution in [2.24, 2.45) is 0 Å². The third kappa shape index (κ3) is 6.05. The van der Waals surface area contributed by atoms with E-state index >= 15 is 0 Å². The summed E-state index contributed by atoms with van der Waals surface area (Å²) in [5.41, 5.74) is -0.145. The van der Waals surface area contributed by atoms with Crippen LogP contribution >= 0.6 is 23.4 Å². The van der Waals surface area contributed by atoms with Crippen molar-refractivity contribution in [1.29, 1.82) is 0 Å². The minimum Gasteiger partial charge on any atom is -0.324 e.